The van der Waals surface area contributed by atoms with E-state index in [0.717, 1.165) is 31.6 Å². The Balaban J connectivity index is 2.46. The minimum absolute atomic E-state index is 0.108. The summed E-state index contributed by atoms with van der Waals surface area (Å²) >= 11 is 0. The zero-order valence-electron chi connectivity index (χ0n) is 10.5. The van der Waals surface area contributed by atoms with Crippen LogP contribution in [0.25, 0.3) is 0 Å². The second kappa shape index (κ2) is 6.48. The Labute approximate surface area is 97.5 Å². The molecule has 0 spiro atoms. The van der Waals surface area contributed by atoms with Crippen molar-refractivity contribution < 1.29 is 0 Å². The van der Waals surface area contributed by atoms with Gasteiger partial charge in [0.25, 0.3) is 5.56 Å². The molecule has 1 atom stereocenters. The van der Waals surface area contributed by atoms with Crippen LogP contribution in [-0.4, -0.2) is 17.2 Å². The van der Waals surface area contributed by atoms with Crippen LogP contribution >= 0.6 is 0 Å². The molecule has 0 bridgehead atoms. The summed E-state index contributed by atoms with van der Waals surface area (Å²) in [5.74, 6) is 0. The number of rotatable bonds is 6. The highest BCUT2D eigenvalue weighted by Crippen LogP contribution is 2.01. The van der Waals surface area contributed by atoms with Gasteiger partial charge >= 0.3 is 0 Å². The molecule has 0 aromatic carbocycles. The number of nitrogens with zero attached hydrogens (tertiary/aromatic N) is 1. The van der Waals surface area contributed by atoms with Gasteiger partial charge in [0.2, 0.25) is 0 Å². The fourth-order valence-corrected chi connectivity index (χ4v) is 1.92. The van der Waals surface area contributed by atoms with Gasteiger partial charge in [-0.2, -0.15) is 0 Å². The summed E-state index contributed by atoms with van der Waals surface area (Å²) in [6, 6.07) is 5.95. The number of pyridine rings is 1. The number of aromatic nitrogens is 1. The lowest BCUT2D eigenvalue weighted by atomic mass is 10.2. The van der Waals surface area contributed by atoms with Crippen LogP contribution in [0.1, 0.15) is 32.4 Å². The van der Waals surface area contributed by atoms with Crippen molar-refractivity contribution in [3.8, 4) is 0 Å². The number of hydrogen-bond donors (Lipinski definition) is 1. The van der Waals surface area contributed by atoms with Gasteiger partial charge in [-0.05, 0) is 39.3 Å². The first-order valence-electron chi connectivity index (χ1n) is 6.05. The van der Waals surface area contributed by atoms with E-state index in [1.165, 1.54) is 0 Å². The van der Waals surface area contributed by atoms with E-state index in [9.17, 15) is 4.79 Å². The predicted octanol–water partition coefficient (Wildman–Crippen LogP) is 1.93. The van der Waals surface area contributed by atoms with E-state index in [2.05, 4.69) is 19.2 Å². The van der Waals surface area contributed by atoms with Crippen molar-refractivity contribution in [3.05, 3.63) is 34.2 Å². The Hall–Kier alpha value is -1.09. The van der Waals surface area contributed by atoms with Gasteiger partial charge < -0.3 is 9.88 Å². The molecule has 0 saturated heterocycles. The van der Waals surface area contributed by atoms with E-state index >= 15 is 0 Å². The molecular formula is C13H22N2O. The van der Waals surface area contributed by atoms with Crippen LogP contribution in [0, 0.1) is 6.92 Å². The largest absolute Gasteiger partial charge is 0.315 e. The van der Waals surface area contributed by atoms with Crippen LogP contribution in [0.5, 0.6) is 0 Å². The molecule has 0 saturated carbocycles. The third kappa shape index (κ3) is 3.81. The van der Waals surface area contributed by atoms with Crippen molar-refractivity contribution >= 4 is 0 Å². The van der Waals surface area contributed by atoms with E-state index in [1.807, 2.05) is 23.6 Å². The first-order chi connectivity index (χ1) is 7.65. The zero-order valence-corrected chi connectivity index (χ0v) is 10.5. The zero-order chi connectivity index (χ0) is 12.0. The lowest BCUT2D eigenvalue weighted by Crippen LogP contribution is -2.27. The topological polar surface area (TPSA) is 34.0 Å². The molecule has 1 heterocycles. The third-order valence-electron chi connectivity index (χ3n) is 2.84. The van der Waals surface area contributed by atoms with Crippen molar-refractivity contribution in [1.82, 2.24) is 9.88 Å². The maximum atomic E-state index is 11.6. The Bertz CT molecular complexity index is 370. The van der Waals surface area contributed by atoms with E-state index in [1.54, 1.807) is 6.07 Å². The molecular weight excluding hydrogens is 200 g/mol. The quantitative estimate of drug-likeness (QED) is 0.798. The van der Waals surface area contributed by atoms with Gasteiger partial charge in [0.05, 0.1) is 0 Å². The number of hydrogen-bond acceptors (Lipinski definition) is 2. The van der Waals surface area contributed by atoms with Crippen LogP contribution in [0.3, 0.4) is 0 Å². The maximum absolute atomic E-state index is 11.6. The van der Waals surface area contributed by atoms with E-state index in [0.29, 0.717) is 6.04 Å². The lowest BCUT2D eigenvalue weighted by Gasteiger charge is -2.13. The van der Waals surface area contributed by atoms with E-state index in [-0.39, 0.29) is 5.56 Å². The molecule has 1 aromatic rings. The molecule has 0 aliphatic heterocycles. The fraction of sp³-hybridized carbons (Fsp3) is 0.615. The summed E-state index contributed by atoms with van der Waals surface area (Å²) in [4.78, 5) is 11.6. The van der Waals surface area contributed by atoms with Gasteiger partial charge in [-0.3, -0.25) is 4.79 Å². The minimum Gasteiger partial charge on any atom is -0.315 e. The smallest absolute Gasteiger partial charge is 0.250 e. The van der Waals surface area contributed by atoms with Gasteiger partial charge in [-0.25, -0.2) is 0 Å². The number of aryl methyl sites for hydroxylation is 1. The van der Waals surface area contributed by atoms with Crippen LogP contribution in [-0.2, 0) is 6.54 Å². The van der Waals surface area contributed by atoms with Gasteiger partial charge in [-0.15, -0.1) is 0 Å². The van der Waals surface area contributed by atoms with Crippen molar-refractivity contribution in [2.24, 2.45) is 0 Å². The van der Waals surface area contributed by atoms with Crippen LogP contribution < -0.4 is 10.9 Å². The van der Waals surface area contributed by atoms with Crippen LogP contribution in [0.15, 0.2) is 23.0 Å². The van der Waals surface area contributed by atoms with Crippen molar-refractivity contribution in [2.45, 2.75) is 46.2 Å². The monoisotopic (exact) mass is 222 g/mol. The van der Waals surface area contributed by atoms with Crippen molar-refractivity contribution in [1.29, 1.82) is 0 Å². The highest BCUT2D eigenvalue weighted by atomic mass is 16.1. The average Bonchev–Trinajstić information content (AvgIpc) is 2.23. The third-order valence-corrected chi connectivity index (χ3v) is 2.84. The number of nitrogens with one attached hydrogen (secondary N) is 1. The summed E-state index contributed by atoms with van der Waals surface area (Å²) in [6.07, 6.45) is 2.15. The lowest BCUT2D eigenvalue weighted by molar-refractivity contribution is 0.479. The summed E-state index contributed by atoms with van der Waals surface area (Å²) < 4.78 is 1.85. The van der Waals surface area contributed by atoms with Crippen molar-refractivity contribution in [2.75, 3.05) is 6.54 Å². The fourth-order valence-electron chi connectivity index (χ4n) is 1.92. The molecule has 3 nitrogen and oxygen atoms in total. The van der Waals surface area contributed by atoms with E-state index < -0.39 is 0 Å². The SMILES string of the molecule is CCNC(C)CCCn1c(C)cccc1=O. The van der Waals surface area contributed by atoms with Gasteiger partial charge in [0.1, 0.15) is 0 Å². The molecule has 0 fully saturated rings. The molecule has 90 valence electrons. The molecule has 0 aliphatic rings. The molecule has 1 unspecified atom stereocenters. The predicted molar refractivity (Wildman–Crippen MR) is 67.8 cm³/mol. The Morgan fingerprint density at radius 3 is 2.81 bits per heavy atom. The summed E-state index contributed by atoms with van der Waals surface area (Å²) in [5.41, 5.74) is 1.15. The normalized spacial score (nSPS) is 12.7. The van der Waals surface area contributed by atoms with Crippen LogP contribution in [0.4, 0.5) is 0 Å². The second-order valence-electron chi connectivity index (χ2n) is 4.26. The van der Waals surface area contributed by atoms with Crippen LogP contribution in [0.2, 0.25) is 0 Å². The summed E-state index contributed by atoms with van der Waals surface area (Å²) in [7, 11) is 0. The molecule has 1 N–H and O–H groups in total. The molecule has 0 amide bonds. The Morgan fingerprint density at radius 1 is 1.44 bits per heavy atom. The molecule has 0 aliphatic carbocycles. The minimum atomic E-state index is 0.108. The Kier molecular flexibility index (Phi) is 5.26. The summed E-state index contributed by atoms with van der Waals surface area (Å²) in [6.45, 7) is 8.11. The Morgan fingerprint density at radius 2 is 2.19 bits per heavy atom. The highest BCUT2D eigenvalue weighted by Gasteiger charge is 2.02. The average molecular weight is 222 g/mol. The first kappa shape index (κ1) is 13.0. The molecule has 0 radical (unpaired) electrons. The standard InChI is InChI=1S/C13H22N2O/c1-4-14-11(2)7-6-10-15-12(3)8-5-9-13(15)16/h5,8-9,11,14H,4,6-7,10H2,1-3H3. The second-order valence-corrected chi connectivity index (χ2v) is 4.26. The first-order valence-corrected chi connectivity index (χ1v) is 6.05. The maximum Gasteiger partial charge on any atom is 0.250 e. The van der Waals surface area contributed by atoms with Gasteiger partial charge in [0, 0.05) is 24.3 Å². The molecule has 1 rings (SSSR count). The van der Waals surface area contributed by atoms with Crippen molar-refractivity contribution in [3.63, 3.8) is 0 Å². The highest BCUT2D eigenvalue weighted by molar-refractivity contribution is 5.04. The van der Waals surface area contributed by atoms with Gasteiger partial charge in [-0.1, -0.05) is 13.0 Å². The molecule has 3 heteroatoms. The van der Waals surface area contributed by atoms with Gasteiger partial charge in [0.15, 0.2) is 0 Å². The summed E-state index contributed by atoms with van der Waals surface area (Å²) in [5, 5.41) is 3.37. The van der Waals surface area contributed by atoms with E-state index in [4.69, 9.17) is 0 Å². The molecule has 16 heavy (non-hydrogen) atoms. The molecule has 1 aromatic heterocycles.